The second-order valence-electron chi connectivity index (χ2n) is 5.91. The molecule has 0 fully saturated rings. The quantitative estimate of drug-likeness (QED) is 0.549. The Bertz CT molecular complexity index is 1100. The van der Waals surface area contributed by atoms with Crippen molar-refractivity contribution in [2.24, 2.45) is 0 Å². The van der Waals surface area contributed by atoms with Gasteiger partial charge in [-0.15, -0.1) is 0 Å². The number of nitrogens with zero attached hydrogens (tertiary/aromatic N) is 4. The summed E-state index contributed by atoms with van der Waals surface area (Å²) >= 11 is -1.96. The van der Waals surface area contributed by atoms with Crippen molar-refractivity contribution in [2.45, 2.75) is 6.92 Å². The fraction of sp³-hybridized carbons (Fsp3) is 0.167. The van der Waals surface area contributed by atoms with Gasteiger partial charge in [-0.3, -0.25) is 4.72 Å². The zero-order chi connectivity index (χ0) is 21.8. The second-order valence-corrected chi connectivity index (χ2v) is 7.24. The van der Waals surface area contributed by atoms with Crippen molar-refractivity contribution in [1.82, 2.24) is 19.3 Å². The standard InChI is InChI=1S/C18H17F3N6O2S/c1-3-27(2)30(28)26-16-11(19)9-13(14(20)15(16)21)29-17-10(5-4-7-23-17)12-6-8-24-18(22)25-12/h4-9,26H,3H2,1-2H3,(H2,22,24,25). The minimum absolute atomic E-state index is 0.00829. The van der Waals surface area contributed by atoms with Gasteiger partial charge in [0, 0.05) is 32.1 Å². The SMILES string of the molecule is CCN(C)S(=O)Nc1c(F)cc(Oc2ncccc2-c2ccnc(N)n2)c(F)c1F. The first-order valence-electron chi connectivity index (χ1n) is 8.60. The lowest BCUT2D eigenvalue weighted by Crippen LogP contribution is -2.27. The van der Waals surface area contributed by atoms with Gasteiger partial charge < -0.3 is 10.5 Å². The van der Waals surface area contributed by atoms with E-state index in [1.54, 1.807) is 19.1 Å². The third kappa shape index (κ3) is 4.49. The topological polar surface area (TPSA) is 106 Å². The van der Waals surface area contributed by atoms with Gasteiger partial charge in [-0.05, 0) is 18.2 Å². The van der Waals surface area contributed by atoms with E-state index in [9.17, 15) is 17.4 Å². The molecule has 1 aromatic carbocycles. The van der Waals surface area contributed by atoms with Gasteiger partial charge in [0.15, 0.2) is 28.6 Å². The van der Waals surface area contributed by atoms with Gasteiger partial charge in [0.25, 0.3) is 0 Å². The Labute approximate surface area is 172 Å². The lowest BCUT2D eigenvalue weighted by Gasteiger charge is -2.16. The highest BCUT2D eigenvalue weighted by atomic mass is 32.2. The predicted octanol–water partition coefficient (Wildman–Crippen LogP) is 3.27. The van der Waals surface area contributed by atoms with Crippen LogP contribution in [0.5, 0.6) is 11.6 Å². The number of anilines is 2. The second kappa shape index (κ2) is 9.05. The molecule has 1 unspecified atom stereocenters. The van der Waals surface area contributed by atoms with E-state index in [2.05, 4.69) is 19.7 Å². The molecule has 0 aliphatic carbocycles. The molecule has 0 aliphatic heterocycles. The van der Waals surface area contributed by atoms with Gasteiger partial charge in [-0.25, -0.2) is 32.2 Å². The van der Waals surface area contributed by atoms with E-state index in [1.165, 1.54) is 29.8 Å². The summed E-state index contributed by atoms with van der Waals surface area (Å²) in [6.45, 7) is 2.03. The maximum absolute atomic E-state index is 14.6. The van der Waals surface area contributed by atoms with Crippen LogP contribution >= 0.6 is 0 Å². The fourth-order valence-electron chi connectivity index (χ4n) is 2.32. The van der Waals surface area contributed by atoms with Crippen molar-refractivity contribution in [3.8, 4) is 22.9 Å². The number of nitrogen functional groups attached to an aromatic ring is 1. The zero-order valence-electron chi connectivity index (χ0n) is 15.9. The summed E-state index contributed by atoms with van der Waals surface area (Å²) in [5.74, 6) is -5.15. The first-order valence-corrected chi connectivity index (χ1v) is 9.71. The molecule has 0 radical (unpaired) electrons. The zero-order valence-corrected chi connectivity index (χ0v) is 16.7. The van der Waals surface area contributed by atoms with Gasteiger partial charge in [0.2, 0.25) is 17.6 Å². The van der Waals surface area contributed by atoms with Crippen molar-refractivity contribution < 1.29 is 22.1 Å². The molecule has 0 aliphatic rings. The summed E-state index contributed by atoms with van der Waals surface area (Å²) in [6.07, 6.45) is 2.76. The van der Waals surface area contributed by atoms with Crippen LogP contribution in [0.1, 0.15) is 6.92 Å². The van der Waals surface area contributed by atoms with Crippen LogP contribution in [0, 0.1) is 17.5 Å². The van der Waals surface area contributed by atoms with Crippen LogP contribution in [-0.2, 0) is 11.2 Å². The molecular weight excluding hydrogens is 421 g/mol. The van der Waals surface area contributed by atoms with E-state index in [0.29, 0.717) is 23.9 Å². The number of nitrogens with two attached hydrogens (primary N) is 1. The molecule has 0 saturated carbocycles. The molecule has 30 heavy (non-hydrogen) atoms. The Morgan fingerprint density at radius 1 is 1.20 bits per heavy atom. The van der Waals surface area contributed by atoms with Crippen molar-refractivity contribution in [2.75, 3.05) is 24.0 Å². The molecule has 0 spiro atoms. The smallest absolute Gasteiger partial charge is 0.228 e. The number of hydrogen-bond donors (Lipinski definition) is 2. The summed E-state index contributed by atoms with van der Waals surface area (Å²) in [5, 5.41) is 0. The molecule has 8 nitrogen and oxygen atoms in total. The van der Waals surface area contributed by atoms with E-state index in [4.69, 9.17) is 10.5 Å². The summed E-state index contributed by atoms with van der Waals surface area (Å²) in [4.78, 5) is 11.8. The van der Waals surface area contributed by atoms with Gasteiger partial charge in [-0.1, -0.05) is 6.92 Å². The minimum Gasteiger partial charge on any atom is -0.435 e. The Balaban J connectivity index is 1.97. The molecule has 2 heterocycles. The summed E-state index contributed by atoms with van der Waals surface area (Å²) in [5.41, 5.74) is 5.33. The summed E-state index contributed by atoms with van der Waals surface area (Å²) in [6, 6.07) is 5.29. The molecule has 158 valence electrons. The minimum atomic E-state index is -1.96. The van der Waals surface area contributed by atoms with Gasteiger partial charge >= 0.3 is 0 Å². The molecule has 12 heteroatoms. The third-order valence-corrected chi connectivity index (χ3v) is 5.17. The molecule has 1 atom stereocenters. The third-order valence-electron chi connectivity index (χ3n) is 3.97. The van der Waals surface area contributed by atoms with Gasteiger partial charge in [0.1, 0.15) is 5.69 Å². The van der Waals surface area contributed by atoms with Crippen LogP contribution in [0.2, 0.25) is 0 Å². The molecular formula is C18H17F3N6O2S. The molecule has 0 bridgehead atoms. The average Bonchev–Trinajstić information content (AvgIpc) is 2.74. The van der Waals surface area contributed by atoms with Crippen LogP contribution in [0.15, 0.2) is 36.7 Å². The number of pyridine rings is 1. The summed E-state index contributed by atoms with van der Waals surface area (Å²) in [7, 11) is 1.47. The number of hydrogen-bond acceptors (Lipinski definition) is 6. The van der Waals surface area contributed by atoms with Crippen LogP contribution in [0.4, 0.5) is 24.8 Å². The monoisotopic (exact) mass is 438 g/mol. The Kier molecular flexibility index (Phi) is 6.47. The van der Waals surface area contributed by atoms with Gasteiger partial charge in [0.05, 0.1) is 11.3 Å². The normalized spacial score (nSPS) is 12.1. The largest absolute Gasteiger partial charge is 0.435 e. The number of nitrogens with one attached hydrogen (secondary N) is 1. The van der Waals surface area contributed by atoms with Crippen LogP contribution in [-0.4, -0.2) is 37.1 Å². The maximum atomic E-state index is 14.6. The summed E-state index contributed by atoms with van der Waals surface area (Å²) < 4.78 is 64.2. The molecule has 2 aromatic heterocycles. The van der Waals surface area contributed by atoms with Crippen molar-refractivity contribution in [1.29, 1.82) is 0 Å². The van der Waals surface area contributed by atoms with E-state index in [0.717, 1.165) is 0 Å². The van der Waals surface area contributed by atoms with Crippen LogP contribution in [0.3, 0.4) is 0 Å². The number of aromatic nitrogens is 3. The molecule has 3 aromatic rings. The van der Waals surface area contributed by atoms with Gasteiger partial charge in [-0.2, -0.15) is 4.39 Å². The van der Waals surface area contributed by atoms with E-state index in [-0.39, 0.29) is 11.8 Å². The number of rotatable bonds is 7. The number of benzene rings is 1. The Hall–Kier alpha value is -3.25. The van der Waals surface area contributed by atoms with Crippen molar-refractivity contribution in [3.05, 3.63) is 54.1 Å². The van der Waals surface area contributed by atoms with Crippen molar-refractivity contribution in [3.63, 3.8) is 0 Å². The Morgan fingerprint density at radius 2 is 1.97 bits per heavy atom. The highest BCUT2D eigenvalue weighted by Gasteiger charge is 2.23. The Morgan fingerprint density at radius 3 is 2.67 bits per heavy atom. The van der Waals surface area contributed by atoms with E-state index in [1.807, 2.05) is 0 Å². The number of halogens is 3. The van der Waals surface area contributed by atoms with Crippen LogP contribution < -0.4 is 15.2 Å². The predicted molar refractivity (Wildman–Crippen MR) is 106 cm³/mol. The fourth-order valence-corrected chi connectivity index (χ4v) is 3.07. The van der Waals surface area contributed by atoms with E-state index < -0.39 is 40.1 Å². The average molecular weight is 438 g/mol. The number of ether oxygens (including phenoxy) is 1. The molecule has 0 saturated heterocycles. The molecule has 3 N–H and O–H groups in total. The van der Waals surface area contributed by atoms with E-state index >= 15 is 0 Å². The van der Waals surface area contributed by atoms with Crippen molar-refractivity contribution >= 4 is 22.8 Å². The lowest BCUT2D eigenvalue weighted by atomic mass is 10.2. The first kappa shape index (κ1) is 21.5. The lowest BCUT2D eigenvalue weighted by molar-refractivity contribution is 0.401. The molecule has 3 rings (SSSR count). The maximum Gasteiger partial charge on any atom is 0.228 e. The highest BCUT2D eigenvalue weighted by molar-refractivity contribution is 7.84. The van der Waals surface area contributed by atoms with Crippen LogP contribution in [0.25, 0.3) is 11.3 Å². The highest BCUT2D eigenvalue weighted by Crippen LogP contribution is 2.35. The first-order chi connectivity index (χ1) is 14.3. The molecule has 0 amide bonds.